The third-order valence-electron chi connectivity index (χ3n) is 11.0. The average molecular weight is 870 g/mol. The number of esters is 2. The molecule has 354 valence electrons. The molecule has 0 N–H and O–H groups in total. The van der Waals surface area contributed by atoms with Crippen LogP contribution in [0.4, 0.5) is 0 Å². The molecule has 0 saturated carbocycles. The molecule has 0 spiro atoms. The van der Waals surface area contributed by atoms with Crippen LogP contribution in [0.1, 0.15) is 232 Å². The Labute approximate surface area is 370 Å². The number of hydrogen-bond donors (Lipinski definition) is 0. The van der Waals surface area contributed by atoms with Crippen molar-refractivity contribution in [1.29, 1.82) is 0 Å². The summed E-state index contributed by atoms with van der Waals surface area (Å²) in [5.41, 5.74) is 0. The van der Waals surface area contributed by atoms with Gasteiger partial charge in [-0.15, -0.1) is 0 Å². The molecule has 9 nitrogen and oxygen atoms in total. The summed E-state index contributed by atoms with van der Waals surface area (Å²) in [5, 5.41) is 0. The zero-order valence-corrected chi connectivity index (χ0v) is 40.8. The number of phosphoric acid groups is 1. The Hall–Kier alpha value is -1.51. The largest absolute Gasteiger partial charge is 0.756 e. The Morgan fingerprint density at radius 2 is 0.883 bits per heavy atom. The second-order valence-corrected chi connectivity index (χ2v) is 19.6. The van der Waals surface area contributed by atoms with Gasteiger partial charge in [-0.05, 0) is 44.9 Å². The van der Waals surface area contributed by atoms with Crippen LogP contribution < -0.4 is 4.89 Å². The van der Waals surface area contributed by atoms with Crippen molar-refractivity contribution >= 4 is 19.8 Å². The van der Waals surface area contributed by atoms with Crippen molar-refractivity contribution in [3.63, 3.8) is 0 Å². The van der Waals surface area contributed by atoms with Crippen molar-refractivity contribution < 1.29 is 42.1 Å². The van der Waals surface area contributed by atoms with E-state index in [1.165, 1.54) is 148 Å². The topological polar surface area (TPSA) is 111 Å². The van der Waals surface area contributed by atoms with Crippen LogP contribution in [0, 0.1) is 0 Å². The molecule has 0 aliphatic carbocycles. The predicted molar refractivity (Wildman–Crippen MR) is 250 cm³/mol. The summed E-state index contributed by atoms with van der Waals surface area (Å²) >= 11 is 0. The van der Waals surface area contributed by atoms with E-state index in [2.05, 4.69) is 38.2 Å². The fourth-order valence-electron chi connectivity index (χ4n) is 7.03. The molecule has 0 rings (SSSR count). The van der Waals surface area contributed by atoms with Gasteiger partial charge in [-0.2, -0.15) is 0 Å². The predicted octanol–water partition coefficient (Wildman–Crippen LogP) is 14.1. The monoisotopic (exact) mass is 870 g/mol. The number of quaternary nitrogens is 1. The summed E-state index contributed by atoms with van der Waals surface area (Å²) in [6, 6.07) is 0. The van der Waals surface area contributed by atoms with Gasteiger partial charge in [0.15, 0.2) is 6.10 Å². The minimum Gasteiger partial charge on any atom is -0.756 e. The maximum absolute atomic E-state index is 12.7. The number of carbonyl (C=O) groups is 2. The summed E-state index contributed by atoms with van der Waals surface area (Å²) in [6.07, 6.45) is 48.0. The maximum atomic E-state index is 12.7. The van der Waals surface area contributed by atoms with Crippen molar-refractivity contribution in [2.24, 2.45) is 0 Å². The molecule has 60 heavy (non-hydrogen) atoms. The average Bonchev–Trinajstić information content (AvgIpc) is 3.20. The Morgan fingerprint density at radius 1 is 0.500 bits per heavy atom. The number of hydrogen-bond acceptors (Lipinski definition) is 8. The molecule has 10 heteroatoms. The Balaban J connectivity index is 4.25. The van der Waals surface area contributed by atoms with E-state index in [1.54, 1.807) is 0 Å². The molecule has 0 fully saturated rings. The third-order valence-corrected chi connectivity index (χ3v) is 11.9. The molecule has 0 heterocycles. The van der Waals surface area contributed by atoms with E-state index in [4.69, 9.17) is 18.5 Å². The van der Waals surface area contributed by atoms with Crippen molar-refractivity contribution in [2.75, 3.05) is 47.5 Å². The van der Waals surface area contributed by atoms with Gasteiger partial charge < -0.3 is 27.9 Å². The molecule has 0 aromatic rings. The van der Waals surface area contributed by atoms with Crippen LogP contribution in [0.25, 0.3) is 0 Å². The van der Waals surface area contributed by atoms with E-state index in [9.17, 15) is 19.0 Å². The molecule has 0 aliphatic heterocycles. The number of carbonyl (C=O) groups excluding carboxylic acids is 2. The number of nitrogens with zero attached hydrogens (tertiary/aromatic N) is 1. The molecule has 1 unspecified atom stereocenters. The molecule has 0 bridgehead atoms. The summed E-state index contributed by atoms with van der Waals surface area (Å²) in [6.45, 7) is 4.22. The van der Waals surface area contributed by atoms with Gasteiger partial charge >= 0.3 is 11.9 Å². The lowest BCUT2D eigenvalue weighted by atomic mass is 10.0. The molecular formula is C50H96NO8P. The van der Waals surface area contributed by atoms with Gasteiger partial charge in [-0.25, -0.2) is 0 Å². The third kappa shape index (κ3) is 46.0. The molecule has 0 amide bonds. The van der Waals surface area contributed by atoms with Crippen LogP contribution >= 0.6 is 7.82 Å². The number of unbranched alkanes of at least 4 members (excludes halogenated alkanes) is 28. The first-order valence-electron chi connectivity index (χ1n) is 25.0. The van der Waals surface area contributed by atoms with E-state index in [0.717, 1.165) is 44.9 Å². The van der Waals surface area contributed by atoms with Gasteiger partial charge in [0.2, 0.25) is 0 Å². The second kappa shape index (κ2) is 42.8. The number of rotatable bonds is 46. The summed E-state index contributed by atoms with van der Waals surface area (Å²) < 4.78 is 33.9. The summed E-state index contributed by atoms with van der Waals surface area (Å²) in [7, 11) is 1.16. The molecule has 0 aliphatic rings. The van der Waals surface area contributed by atoms with E-state index in [1.807, 2.05) is 21.1 Å². The van der Waals surface area contributed by atoms with E-state index < -0.39 is 32.5 Å². The van der Waals surface area contributed by atoms with Gasteiger partial charge in [-0.3, -0.25) is 14.2 Å². The normalized spacial score (nSPS) is 13.6. The van der Waals surface area contributed by atoms with Crippen molar-refractivity contribution in [3.8, 4) is 0 Å². The fourth-order valence-corrected chi connectivity index (χ4v) is 7.76. The van der Waals surface area contributed by atoms with Gasteiger partial charge in [-0.1, -0.05) is 199 Å². The summed E-state index contributed by atoms with van der Waals surface area (Å²) in [4.78, 5) is 37.6. The van der Waals surface area contributed by atoms with E-state index in [0.29, 0.717) is 23.9 Å². The molecule has 0 radical (unpaired) electrons. The highest BCUT2D eigenvalue weighted by Crippen LogP contribution is 2.38. The van der Waals surface area contributed by atoms with Crippen LogP contribution in [-0.4, -0.2) is 70.0 Å². The maximum Gasteiger partial charge on any atom is 0.306 e. The van der Waals surface area contributed by atoms with Crippen molar-refractivity contribution in [2.45, 2.75) is 238 Å². The lowest BCUT2D eigenvalue weighted by Gasteiger charge is -2.28. The fraction of sp³-hybridized carbons (Fsp3) is 0.880. The van der Waals surface area contributed by atoms with Gasteiger partial charge in [0.1, 0.15) is 19.8 Å². The highest BCUT2D eigenvalue weighted by Gasteiger charge is 2.21. The summed E-state index contributed by atoms with van der Waals surface area (Å²) in [5.74, 6) is -0.874. The highest BCUT2D eigenvalue weighted by atomic mass is 31.2. The standard InChI is InChI=1S/C50H96NO8P/c1-6-8-10-12-14-16-18-20-21-22-23-24-25-26-27-28-29-31-32-34-36-38-40-42-49(52)56-46-48(47-58-60(54,55)57-45-44-51(3,4)5)59-50(53)43-41-39-37-35-33-30-19-17-15-13-11-9-7-2/h28-29,34,36,48H,6-27,30-33,35,37-47H2,1-5H3/b29-28-,36-34-/t48-/m1/s1. The Bertz CT molecular complexity index is 1070. The number of phosphoric ester groups is 1. The van der Waals surface area contributed by atoms with Crippen LogP contribution in [0.2, 0.25) is 0 Å². The van der Waals surface area contributed by atoms with Gasteiger partial charge in [0, 0.05) is 12.8 Å². The van der Waals surface area contributed by atoms with Crippen LogP contribution in [-0.2, 0) is 32.7 Å². The number of ether oxygens (including phenoxy) is 2. The lowest BCUT2D eigenvalue weighted by Crippen LogP contribution is -2.37. The zero-order valence-electron chi connectivity index (χ0n) is 39.9. The molecule has 0 aromatic heterocycles. The second-order valence-electron chi connectivity index (χ2n) is 18.2. The van der Waals surface area contributed by atoms with Gasteiger partial charge in [0.25, 0.3) is 7.82 Å². The smallest absolute Gasteiger partial charge is 0.306 e. The van der Waals surface area contributed by atoms with E-state index in [-0.39, 0.29) is 26.1 Å². The Morgan fingerprint density at radius 3 is 1.33 bits per heavy atom. The van der Waals surface area contributed by atoms with Crippen LogP contribution in [0.15, 0.2) is 24.3 Å². The highest BCUT2D eigenvalue weighted by molar-refractivity contribution is 7.45. The number of likely N-dealkylation sites (N-methyl/N-ethyl adjacent to an activating group) is 1. The van der Waals surface area contributed by atoms with Crippen molar-refractivity contribution in [1.82, 2.24) is 0 Å². The zero-order chi connectivity index (χ0) is 44.3. The van der Waals surface area contributed by atoms with E-state index >= 15 is 0 Å². The van der Waals surface area contributed by atoms with Crippen molar-refractivity contribution in [3.05, 3.63) is 24.3 Å². The van der Waals surface area contributed by atoms with Crippen LogP contribution in [0.5, 0.6) is 0 Å². The minimum atomic E-state index is -4.63. The molecular weight excluding hydrogens is 774 g/mol. The SMILES string of the molecule is CCCCCCCCCCCCCCCC/C=C\CC/C=C\CCCC(=O)OC[C@H](COP(=O)([O-])OCC[N+](C)(C)C)OC(=O)CCCCCCCCCCCCCCC. The first kappa shape index (κ1) is 58.5. The molecule has 0 saturated heterocycles. The molecule has 2 atom stereocenters. The first-order chi connectivity index (χ1) is 29.0. The molecule has 0 aromatic carbocycles. The van der Waals surface area contributed by atoms with Gasteiger partial charge in [0.05, 0.1) is 27.7 Å². The minimum absolute atomic E-state index is 0.0342. The van der Waals surface area contributed by atoms with Crippen LogP contribution in [0.3, 0.4) is 0 Å². The number of allylic oxidation sites excluding steroid dienone is 4. The first-order valence-corrected chi connectivity index (χ1v) is 26.5. The Kier molecular flexibility index (Phi) is 41.7. The lowest BCUT2D eigenvalue weighted by molar-refractivity contribution is -0.870. The quantitative estimate of drug-likeness (QED) is 0.0195.